The molecule has 2 heteroatoms. The van der Waals surface area contributed by atoms with Gasteiger partial charge in [-0.2, -0.15) is 5.10 Å². The number of aromatic nitrogens is 2. The minimum absolute atomic E-state index is 0.879. The molecule has 0 radical (unpaired) electrons. The van der Waals surface area contributed by atoms with Crippen molar-refractivity contribution in [2.45, 2.75) is 32.6 Å². The van der Waals surface area contributed by atoms with Gasteiger partial charge in [-0.25, -0.2) is 0 Å². The first-order chi connectivity index (χ1) is 5.75. The maximum absolute atomic E-state index is 4.46. The van der Waals surface area contributed by atoms with Crippen molar-refractivity contribution in [1.29, 1.82) is 0 Å². The highest BCUT2D eigenvalue weighted by molar-refractivity contribution is 5.18. The van der Waals surface area contributed by atoms with Crippen LogP contribution in [-0.2, 0) is 19.9 Å². The summed E-state index contributed by atoms with van der Waals surface area (Å²) in [4.78, 5) is 0. The van der Waals surface area contributed by atoms with E-state index in [0.717, 1.165) is 5.92 Å². The second kappa shape index (κ2) is 2.92. The van der Waals surface area contributed by atoms with Crippen LogP contribution in [-0.4, -0.2) is 9.78 Å². The maximum Gasteiger partial charge on any atom is 0.0656 e. The molecule has 2 nitrogen and oxygen atoms in total. The predicted octanol–water partition coefficient (Wildman–Crippen LogP) is 1.94. The fourth-order valence-electron chi connectivity index (χ4n) is 1.93. The second-order valence-corrected chi connectivity index (χ2v) is 3.96. The number of fused-ring (bicyclic) bond motifs is 1. The second-order valence-electron chi connectivity index (χ2n) is 3.96. The summed E-state index contributed by atoms with van der Waals surface area (Å²) in [6, 6.07) is 0. The van der Waals surface area contributed by atoms with Crippen LogP contribution in [0.15, 0.2) is 6.20 Å². The standard InChI is InChI=1S/C10H16N2/c1-8-3-5-9-7-12(2)11-10(9)6-4-8/h7-8H,3-6H2,1-2H3. The molecular formula is C10H16N2. The Kier molecular flexibility index (Phi) is 1.91. The summed E-state index contributed by atoms with van der Waals surface area (Å²) < 4.78 is 1.95. The molecule has 1 unspecified atom stereocenters. The summed E-state index contributed by atoms with van der Waals surface area (Å²) in [6.45, 7) is 2.34. The fraction of sp³-hybridized carbons (Fsp3) is 0.700. The van der Waals surface area contributed by atoms with Crippen molar-refractivity contribution < 1.29 is 0 Å². The summed E-state index contributed by atoms with van der Waals surface area (Å²) in [5, 5.41) is 4.46. The molecule has 0 amide bonds. The van der Waals surface area contributed by atoms with Crippen LogP contribution in [0.25, 0.3) is 0 Å². The molecule has 1 aromatic heterocycles. The van der Waals surface area contributed by atoms with E-state index in [2.05, 4.69) is 18.2 Å². The largest absolute Gasteiger partial charge is 0.275 e. The maximum atomic E-state index is 4.46. The molecule has 0 fully saturated rings. The lowest BCUT2D eigenvalue weighted by Crippen LogP contribution is -1.96. The van der Waals surface area contributed by atoms with Crippen LogP contribution >= 0.6 is 0 Å². The normalized spacial score (nSPS) is 23.3. The summed E-state index contributed by atoms with van der Waals surface area (Å²) in [6.07, 6.45) is 7.22. The molecular weight excluding hydrogens is 148 g/mol. The molecule has 0 aliphatic heterocycles. The van der Waals surface area contributed by atoms with Gasteiger partial charge in [0.1, 0.15) is 0 Å². The molecule has 2 rings (SSSR count). The quantitative estimate of drug-likeness (QED) is 0.536. The Morgan fingerprint density at radius 2 is 2.17 bits per heavy atom. The number of hydrogen-bond donors (Lipinski definition) is 0. The molecule has 1 aromatic rings. The third kappa shape index (κ3) is 1.38. The van der Waals surface area contributed by atoms with Crippen molar-refractivity contribution in [1.82, 2.24) is 9.78 Å². The van der Waals surface area contributed by atoms with E-state index in [4.69, 9.17) is 0 Å². The predicted molar refractivity (Wildman–Crippen MR) is 49.0 cm³/mol. The van der Waals surface area contributed by atoms with Gasteiger partial charge < -0.3 is 0 Å². The molecule has 1 atom stereocenters. The number of hydrogen-bond acceptors (Lipinski definition) is 1. The van der Waals surface area contributed by atoms with Crippen LogP contribution in [0.2, 0.25) is 0 Å². The molecule has 66 valence electrons. The van der Waals surface area contributed by atoms with E-state index in [1.807, 2.05) is 11.7 Å². The van der Waals surface area contributed by atoms with Crippen LogP contribution in [0.1, 0.15) is 31.0 Å². The first kappa shape index (κ1) is 7.84. The van der Waals surface area contributed by atoms with Gasteiger partial charge in [-0.1, -0.05) is 6.92 Å². The molecule has 0 saturated carbocycles. The van der Waals surface area contributed by atoms with Gasteiger partial charge in [0, 0.05) is 13.2 Å². The SMILES string of the molecule is CC1CCc2cn(C)nc2CC1. The molecule has 0 N–H and O–H groups in total. The van der Waals surface area contributed by atoms with Crippen LogP contribution in [0.5, 0.6) is 0 Å². The van der Waals surface area contributed by atoms with Crippen molar-refractivity contribution in [3.8, 4) is 0 Å². The van der Waals surface area contributed by atoms with Crippen molar-refractivity contribution >= 4 is 0 Å². The highest BCUT2D eigenvalue weighted by atomic mass is 15.2. The zero-order valence-electron chi connectivity index (χ0n) is 7.88. The minimum atomic E-state index is 0.879. The van der Waals surface area contributed by atoms with E-state index >= 15 is 0 Å². The lowest BCUT2D eigenvalue weighted by molar-refractivity contribution is 0.504. The summed E-state index contributed by atoms with van der Waals surface area (Å²) >= 11 is 0. The smallest absolute Gasteiger partial charge is 0.0656 e. The average Bonchev–Trinajstić information content (AvgIpc) is 2.31. The first-order valence-corrected chi connectivity index (χ1v) is 4.77. The molecule has 0 spiro atoms. The molecule has 0 aromatic carbocycles. The molecule has 0 bridgehead atoms. The summed E-state index contributed by atoms with van der Waals surface area (Å²) in [7, 11) is 2.01. The summed E-state index contributed by atoms with van der Waals surface area (Å²) in [5.41, 5.74) is 2.81. The highest BCUT2D eigenvalue weighted by Crippen LogP contribution is 2.22. The van der Waals surface area contributed by atoms with Crippen LogP contribution < -0.4 is 0 Å². The molecule has 0 saturated heterocycles. The van der Waals surface area contributed by atoms with Crippen molar-refractivity contribution in [2.75, 3.05) is 0 Å². The van der Waals surface area contributed by atoms with Gasteiger partial charge >= 0.3 is 0 Å². The van der Waals surface area contributed by atoms with Gasteiger partial charge in [0.2, 0.25) is 0 Å². The van der Waals surface area contributed by atoms with E-state index in [1.165, 1.54) is 36.9 Å². The Labute approximate surface area is 73.6 Å². The van der Waals surface area contributed by atoms with Crippen molar-refractivity contribution in [3.63, 3.8) is 0 Å². The molecule has 1 aliphatic carbocycles. The molecule has 1 heterocycles. The molecule has 1 aliphatic rings. The first-order valence-electron chi connectivity index (χ1n) is 4.77. The zero-order chi connectivity index (χ0) is 8.55. The lowest BCUT2D eigenvalue weighted by atomic mass is 10.0. The van der Waals surface area contributed by atoms with Gasteiger partial charge in [0.15, 0.2) is 0 Å². The minimum Gasteiger partial charge on any atom is -0.275 e. The van der Waals surface area contributed by atoms with Gasteiger partial charge in [0.25, 0.3) is 0 Å². The fourth-order valence-corrected chi connectivity index (χ4v) is 1.93. The Hall–Kier alpha value is -0.790. The Morgan fingerprint density at radius 1 is 1.42 bits per heavy atom. The Bertz CT molecular complexity index is 250. The van der Waals surface area contributed by atoms with Gasteiger partial charge in [-0.05, 0) is 37.2 Å². The summed E-state index contributed by atoms with van der Waals surface area (Å²) in [5.74, 6) is 0.879. The number of aryl methyl sites for hydroxylation is 3. The number of nitrogens with zero attached hydrogens (tertiary/aromatic N) is 2. The topological polar surface area (TPSA) is 17.8 Å². The zero-order valence-corrected chi connectivity index (χ0v) is 7.88. The Morgan fingerprint density at radius 3 is 3.00 bits per heavy atom. The molecule has 12 heavy (non-hydrogen) atoms. The van der Waals surface area contributed by atoms with E-state index in [-0.39, 0.29) is 0 Å². The highest BCUT2D eigenvalue weighted by Gasteiger charge is 2.14. The number of rotatable bonds is 0. The van der Waals surface area contributed by atoms with Crippen molar-refractivity contribution in [3.05, 3.63) is 17.5 Å². The van der Waals surface area contributed by atoms with E-state index in [9.17, 15) is 0 Å². The third-order valence-corrected chi connectivity index (χ3v) is 2.77. The monoisotopic (exact) mass is 164 g/mol. The Balaban J connectivity index is 2.24. The van der Waals surface area contributed by atoms with E-state index in [0.29, 0.717) is 0 Å². The van der Waals surface area contributed by atoms with Gasteiger partial charge in [0.05, 0.1) is 5.69 Å². The lowest BCUT2D eigenvalue weighted by Gasteiger charge is -2.03. The third-order valence-electron chi connectivity index (χ3n) is 2.77. The van der Waals surface area contributed by atoms with Crippen LogP contribution in [0.4, 0.5) is 0 Å². The van der Waals surface area contributed by atoms with Gasteiger partial charge in [-0.15, -0.1) is 0 Å². The average molecular weight is 164 g/mol. The van der Waals surface area contributed by atoms with Crippen LogP contribution in [0, 0.1) is 5.92 Å². The van der Waals surface area contributed by atoms with Crippen LogP contribution in [0.3, 0.4) is 0 Å². The van der Waals surface area contributed by atoms with E-state index in [1.54, 1.807) is 0 Å². The van der Waals surface area contributed by atoms with Crippen molar-refractivity contribution in [2.24, 2.45) is 13.0 Å². The van der Waals surface area contributed by atoms with Gasteiger partial charge in [-0.3, -0.25) is 4.68 Å². The van der Waals surface area contributed by atoms with E-state index < -0.39 is 0 Å².